The van der Waals surface area contributed by atoms with Crippen molar-refractivity contribution >= 4 is 46.6 Å². The van der Waals surface area contributed by atoms with Crippen molar-refractivity contribution in [2.45, 2.75) is 26.2 Å². The Kier molecular flexibility index (Phi) is 7.69. The summed E-state index contributed by atoms with van der Waals surface area (Å²) in [5.74, 6) is -0.845. The minimum absolute atomic E-state index is 0. The zero-order valence-electron chi connectivity index (χ0n) is 14.3. The number of hydrogen-bond donors (Lipinski definition) is 1. The average molecular weight is 398 g/mol. The minimum atomic E-state index is -0.649. The number of carboxylic acids is 1. The van der Waals surface area contributed by atoms with Gasteiger partial charge < -0.3 is 10.0 Å². The van der Waals surface area contributed by atoms with E-state index in [1.165, 1.54) is 20.9 Å². The maximum Gasteiger partial charge on any atom is 0.307 e. The molecule has 1 saturated heterocycles. The molecule has 0 aromatic carbocycles. The van der Waals surface area contributed by atoms with Gasteiger partial charge in [-0.3, -0.25) is 4.79 Å². The van der Waals surface area contributed by atoms with Crippen molar-refractivity contribution in [1.82, 2.24) is 4.90 Å². The number of carboxylic acid groups (broad SMARTS) is 1. The maximum absolute atomic E-state index is 11.2. The molecule has 1 atom stereocenters. The van der Waals surface area contributed by atoms with Gasteiger partial charge >= 0.3 is 5.97 Å². The molecule has 0 amide bonds. The summed E-state index contributed by atoms with van der Waals surface area (Å²) < 4.78 is 0. The van der Waals surface area contributed by atoms with Crippen LogP contribution in [0.2, 0.25) is 0 Å². The Morgan fingerprint density at radius 2 is 2.20 bits per heavy atom. The molecule has 3 nitrogen and oxygen atoms in total. The number of aryl methyl sites for hydroxylation is 1. The zero-order valence-corrected chi connectivity index (χ0v) is 16.8. The molecule has 0 radical (unpaired) electrons. The number of carbonyl (C=O) groups is 1. The van der Waals surface area contributed by atoms with Crippen LogP contribution in [0.5, 0.6) is 0 Å². The first-order valence-corrected chi connectivity index (χ1v) is 10.1. The molecule has 1 fully saturated rings. The molecule has 3 heterocycles. The predicted molar refractivity (Wildman–Crippen MR) is 109 cm³/mol. The van der Waals surface area contributed by atoms with Crippen LogP contribution in [0.15, 0.2) is 35.0 Å². The summed E-state index contributed by atoms with van der Waals surface area (Å²) in [6.45, 7) is 4.80. The summed E-state index contributed by atoms with van der Waals surface area (Å²) in [6.07, 6.45) is 5.09. The summed E-state index contributed by atoms with van der Waals surface area (Å²) in [4.78, 5) is 16.1. The Balaban J connectivity index is 0.00000225. The van der Waals surface area contributed by atoms with Crippen molar-refractivity contribution in [1.29, 1.82) is 0 Å². The van der Waals surface area contributed by atoms with Gasteiger partial charge in [0.15, 0.2) is 0 Å². The van der Waals surface area contributed by atoms with E-state index in [9.17, 15) is 9.90 Å². The first-order valence-electron chi connectivity index (χ1n) is 8.39. The average Bonchev–Trinajstić information content (AvgIpc) is 3.24. The van der Waals surface area contributed by atoms with E-state index < -0.39 is 5.97 Å². The highest BCUT2D eigenvalue weighted by atomic mass is 35.5. The van der Waals surface area contributed by atoms with Crippen LogP contribution in [-0.2, 0) is 4.79 Å². The molecule has 0 saturated carbocycles. The summed E-state index contributed by atoms with van der Waals surface area (Å²) in [5, 5.41) is 13.5. The van der Waals surface area contributed by atoms with E-state index in [1.54, 1.807) is 22.7 Å². The van der Waals surface area contributed by atoms with Crippen LogP contribution in [-0.4, -0.2) is 35.6 Å². The Bertz CT molecular complexity index is 709. The van der Waals surface area contributed by atoms with E-state index in [1.807, 2.05) is 0 Å². The van der Waals surface area contributed by atoms with Gasteiger partial charge in [0, 0.05) is 28.4 Å². The molecule has 2 aromatic rings. The molecule has 1 aliphatic rings. The van der Waals surface area contributed by atoms with Crippen LogP contribution in [0.1, 0.15) is 34.6 Å². The van der Waals surface area contributed by atoms with Gasteiger partial charge in [0.05, 0.1) is 5.92 Å². The van der Waals surface area contributed by atoms with Crippen LogP contribution in [0.3, 0.4) is 0 Å². The van der Waals surface area contributed by atoms with Crippen molar-refractivity contribution in [2.75, 3.05) is 19.6 Å². The van der Waals surface area contributed by atoms with Crippen LogP contribution in [0, 0.1) is 12.8 Å². The van der Waals surface area contributed by atoms with E-state index in [-0.39, 0.29) is 18.3 Å². The predicted octanol–water partition coefficient (Wildman–Crippen LogP) is 5.16. The van der Waals surface area contributed by atoms with Gasteiger partial charge in [-0.2, -0.15) is 0 Å². The summed E-state index contributed by atoms with van der Waals surface area (Å²) in [5.41, 5.74) is 2.65. The quantitative estimate of drug-likeness (QED) is 0.731. The van der Waals surface area contributed by atoms with Crippen LogP contribution < -0.4 is 0 Å². The lowest BCUT2D eigenvalue weighted by atomic mass is 9.98. The standard InChI is InChI=1S/C19H23NO2S2.ClH/c1-14-8-12-24-18(14)16(17-7-4-11-23-17)6-3-10-20-9-2-5-15(13-20)19(21)22;/h4,6-8,11-12,15H,2-3,5,9-10,13H2,1H3,(H,21,22);1H. The minimum Gasteiger partial charge on any atom is -0.481 e. The number of thiophene rings is 2. The molecular weight excluding hydrogens is 374 g/mol. The number of halogens is 1. The molecule has 1 N–H and O–H groups in total. The monoisotopic (exact) mass is 397 g/mol. The second-order valence-electron chi connectivity index (χ2n) is 6.29. The SMILES string of the molecule is Cc1ccsc1C(=CCCN1CCCC(C(=O)O)C1)c1cccs1.Cl. The van der Waals surface area contributed by atoms with E-state index in [0.29, 0.717) is 6.54 Å². The molecule has 1 unspecified atom stereocenters. The van der Waals surface area contributed by atoms with Crippen LogP contribution in [0.4, 0.5) is 0 Å². The fourth-order valence-electron chi connectivity index (χ4n) is 3.24. The lowest BCUT2D eigenvalue weighted by Crippen LogP contribution is -2.39. The highest BCUT2D eigenvalue weighted by Gasteiger charge is 2.24. The Morgan fingerprint density at radius 1 is 1.36 bits per heavy atom. The van der Waals surface area contributed by atoms with Crippen molar-refractivity contribution in [3.8, 4) is 0 Å². The number of hydrogen-bond acceptors (Lipinski definition) is 4. The molecular formula is C19H24ClNO2S2. The topological polar surface area (TPSA) is 40.5 Å². The van der Waals surface area contributed by atoms with Crippen molar-refractivity contribution in [3.05, 3.63) is 50.4 Å². The lowest BCUT2D eigenvalue weighted by Gasteiger charge is -2.30. The molecule has 0 spiro atoms. The van der Waals surface area contributed by atoms with Crippen molar-refractivity contribution < 1.29 is 9.90 Å². The van der Waals surface area contributed by atoms with Gasteiger partial charge in [-0.25, -0.2) is 0 Å². The fraction of sp³-hybridized carbons (Fsp3) is 0.421. The van der Waals surface area contributed by atoms with E-state index in [4.69, 9.17) is 0 Å². The fourth-order valence-corrected chi connectivity index (χ4v) is 5.06. The molecule has 136 valence electrons. The highest BCUT2D eigenvalue weighted by Crippen LogP contribution is 2.33. The zero-order chi connectivity index (χ0) is 16.9. The van der Waals surface area contributed by atoms with Crippen LogP contribution in [0.25, 0.3) is 5.57 Å². The molecule has 25 heavy (non-hydrogen) atoms. The Hall–Kier alpha value is -1.14. The number of likely N-dealkylation sites (tertiary alicyclic amines) is 1. The molecule has 3 rings (SSSR count). The Labute approximate surface area is 163 Å². The largest absolute Gasteiger partial charge is 0.481 e. The third kappa shape index (κ3) is 5.17. The maximum atomic E-state index is 11.2. The molecule has 0 bridgehead atoms. The normalized spacial score (nSPS) is 18.8. The van der Waals surface area contributed by atoms with Gasteiger partial charge in [0.25, 0.3) is 0 Å². The summed E-state index contributed by atoms with van der Waals surface area (Å²) >= 11 is 3.57. The number of rotatable bonds is 6. The van der Waals surface area contributed by atoms with Gasteiger partial charge in [-0.15, -0.1) is 35.1 Å². The van der Waals surface area contributed by atoms with Crippen molar-refractivity contribution in [3.63, 3.8) is 0 Å². The third-order valence-electron chi connectivity index (χ3n) is 4.54. The first kappa shape index (κ1) is 20.2. The smallest absolute Gasteiger partial charge is 0.307 e. The highest BCUT2D eigenvalue weighted by molar-refractivity contribution is 7.13. The first-order chi connectivity index (χ1) is 11.6. The summed E-state index contributed by atoms with van der Waals surface area (Å²) in [6, 6.07) is 6.44. The number of piperidine rings is 1. The molecule has 2 aromatic heterocycles. The molecule has 1 aliphatic heterocycles. The second kappa shape index (κ2) is 9.53. The molecule has 6 heteroatoms. The lowest BCUT2D eigenvalue weighted by molar-refractivity contribution is -0.143. The molecule has 0 aliphatic carbocycles. The van der Waals surface area contributed by atoms with Crippen LogP contribution >= 0.6 is 35.1 Å². The van der Waals surface area contributed by atoms with E-state index in [0.717, 1.165) is 32.4 Å². The summed E-state index contributed by atoms with van der Waals surface area (Å²) in [7, 11) is 0. The number of aliphatic carboxylic acids is 1. The number of nitrogens with zero attached hydrogens (tertiary/aromatic N) is 1. The van der Waals surface area contributed by atoms with E-state index in [2.05, 4.69) is 46.9 Å². The van der Waals surface area contributed by atoms with E-state index >= 15 is 0 Å². The van der Waals surface area contributed by atoms with Gasteiger partial charge in [0.2, 0.25) is 0 Å². The van der Waals surface area contributed by atoms with Gasteiger partial charge in [0.1, 0.15) is 0 Å². The second-order valence-corrected chi connectivity index (χ2v) is 8.16. The third-order valence-corrected chi connectivity index (χ3v) is 6.49. The van der Waals surface area contributed by atoms with Gasteiger partial charge in [-0.05, 0) is 61.2 Å². The Morgan fingerprint density at radius 3 is 2.84 bits per heavy atom. The van der Waals surface area contributed by atoms with Crippen molar-refractivity contribution in [2.24, 2.45) is 5.92 Å². The van der Waals surface area contributed by atoms with Gasteiger partial charge in [-0.1, -0.05) is 12.1 Å².